The van der Waals surface area contributed by atoms with Crippen LogP contribution in [-0.2, 0) is 11.8 Å². The van der Waals surface area contributed by atoms with Crippen molar-refractivity contribution in [3.63, 3.8) is 0 Å². The first-order chi connectivity index (χ1) is 12.6. The van der Waals surface area contributed by atoms with Crippen LogP contribution in [0.1, 0.15) is 30.4 Å². The first-order valence-corrected chi connectivity index (χ1v) is 9.50. The summed E-state index contributed by atoms with van der Waals surface area (Å²) in [5, 5.41) is 3.44. The molecule has 26 heavy (non-hydrogen) atoms. The van der Waals surface area contributed by atoms with E-state index in [4.69, 9.17) is 9.47 Å². The molecule has 0 fully saturated rings. The number of nitrogens with one attached hydrogen (secondary N) is 1. The Bertz CT molecular complexity index is 941. The van der Waals surface area contributed by atoms with Crippen molar-refractivity contribution in [1.82, 2.24) is 9.55 Å². The van der Waals surface area contributed by atoms with Crippen molar-refractivity contribution < 1.29 is 14.3 Å². The molecule has 8 heteroatoms. The summed E-state index contributed by atoms with van der Waals surface area (Å²) < 4.78 is 13.0. The molecular weight excluding hydrogens is 354 g/mol. The lowest BCUT2D eigenvalue weighted by Gasteiger charge is -2.28. The number of carbonyl (C=O) groups is 1. The number of nitrogens with zero attached hydrogens (tertiary/aromatic N) is 2. The third-order valence-electron chi connectivity index (χ3n) is 4.54. The molecule has 1 N–H and O–H groups in total. The van der Waals surface area contributed by atoms with Crippen LogP contribution in [0.25, 0.3) is 0 Å². The molecule has 0 spiro atoms. The second-order valence-electron chi connectivity index (χ2n) is 6.16. The van der Waals surface area contributed by atoms with Gasteiger partial charge in [-0.3, -0.25) is 9.59 Å². The van der Waals surface area contributed by atoms with Gasteiger partial charge in [0.1, 0.15) is 19.0 Å². The lowest BCUT2D eigenvalue weighted by molar-refractivity contribution is -0.116. The molecule has 2 aliphatic heterocycles. The van der Waals surface area contributed by atoms with Gasteiger partial charge in [0, 0.05) is 19.4 Å². The highest BCUT2D eigenvalue weighted by atomic mass is 32.2. The van der Waals surface area contributed by atoms with Crippen LogP contribution >= 0.6 is 11.8 Å². The zero-order chi connectivity index (χ0) is 18.3. The van der Waals surface area contributed by atoms with Gasteiger partial charge in [-0.05, 0) is 23.4 Å². The number of aromatic nitrogens is 2. The van der Waals surface area contributed by atoms with Crippen LogP contribution in [0.3, 0.4) is 0 Å². The number of hydrogen-bond acceptors (Lipinski definition) is 6. The van der Waals surface area contributed by atoms with E-state index in [2.05, 4.69) is 10.3 Å². The fourth-order valence-corrected chi connectivity index (χ4v) is 4.05. The Labute approximate surface area is 154 Å². The van der Waals surface area contributed by atoms with Gasteiger partial charge in [0.25, 0.3) is 5.56 Å². The number of carbonyl (C=O) groups excluding carboxylic acids is 1. The van der Waals surface area contributed by atoms with Gasteiger partial charge in [-0.2, -0.15) is 4.98 Å². The van der Waals surface area contributed by atoms with Crippen LogP contribution < -0.4 is 20.3 Å². The number of thioether (sulfide) groups is 1. The molecule has 1 aromatic heterocycles. The van der Waals surface area contributed by atoms with E-state index < -0.39 is 0 Å². The largest absolute Gasteiger partial charge is 0.486 e. The van der Waals surface area contributed by atoms with Crippen LogP contribution in [-0.4, -0.2) is 34.4 Å². The third kappa shape index (κ3) is 2.84. The quantitative estimate of drug-likeness (QED) is 0.656. The molecule has 2 aromatic rings. The van der Waals surface area contributed by atoms with Crippen LogP contribution in [0, 0.1) is 0 Å². The number of ether oxygens (including phenoxy) is 2. The molecule has 7 nitrogen and oxygen atoms in total. The average molecular weight is 373 g/mol. The maximum absolute atomic E-state index is 12.7. The summed E-state index contributed by atoms with van der Waals surface area (Å²) in [6, 6.07) is 5.57. The molecule has 0 saturated heterocycles. The number of fused-ring (bicyclic) bond motifs is 2. The molecule has 4 rings (SSSR count). The zero-order valence-electron chi connectivity index (χ0n) is 14.6. The van der Waals surface area contributed by atoms with Gasteiger partial charge in [-0.25, -0.2) is 0 Å². The Morgan fingerprint density at radius 1 is 1.27 bits per heavy atom. The predicted octanol–water partition coefficient (Wildman–Crippen LogP) is 2.14. The van der Waals surface area contributed by atoms with Crippen LogP contribution in [0.2, 0.25) is 0 Å². The van der Waals surface area contributed by atoms with Gasteiger partial charge in [0.15, 0.2) is 16.7 Å². The smallest absolute Gasteiger partial charge is 0.279 e. The van der Waals surface area contributed by atoms with Crippen LogP contribution in [0.15, 0.2) is 28.2 Å². The second-order valence-corrected chi connectivity index (χ2v) is 7.39. The number of anilines is 1. The zero-order valence-corrected chi connectivity index (χ0v) is 15.4. The summed E-state index contributed by atoms with van der Waals surface area (Å²) in [6.45, 7) is 3.00. The van der Waals surface area contributed by atoms with E-state index in [0.717, 1.165) is 11.3 Å². The van der Waals surface area contributed by atoms with E-state index in [1.165, 1.54) is 11.8 Å². The molecule has 0 saturated carbocycles. The Kier molecular flexibility index (Phi) is 4.36. The predicted molar refractivity (Wildman–Crippen MR) is 98.4 cm³/mol. The average Bonchev–Trinajstić information content (AvgIpc) is 2.65. The number of amides is 1. The normalized spacial score (nSPS) is 18.2. The molecule has 0 aliphatic carbocycles. The van der Waals surface area contributed by atoms with E-state index >= 15 is 0 Å². The third-order valence-corrected chi connectivity index (χ3v) is 5.45. The van der Waals surface area contributed by atoms with E-state index in [-0.39, 0.29) is 23.8 Å². The highest BCUT2D eigenvalue weighted by molar-refractivity contribution is 7.99. The van der Waals surface area contributed by atoms with Gasteiger partial charge in [0.2, 0.25) is 5.91 Å². The summed E-state index contributed by atoms with van der Waals surface area (Å²) >= 11 is 1.47. The van der Waals surface area contributed by atoms with E-state index in [1.807, 2.05) is 32.2 Å². The minimum absolute atomic E-state index is 0.119. The Balaban J connectivity index is 1.84. The lowest BCUT2D eigenvalue weighted by Crippen LogP contribution is -2.33. The van der Waals surface area contributed by atoms with Crippen molar-refractivity contribution in [1.29, 1.82) is 0 Å². The highest BCUT2D eigenvalue weighted by Crippen LogP contribution is 2.39. The van der Waals surface area contributed by atoms with Gasteiger partial charge >= 0.3 is 0 Å². The van der Waals surface area contributed by atoms with Crippen LogP contribution in [0.4, 0.5) is 5.82 Å². The molecule has 0 bridgehead atoms. The molecule has 1 aromatic carbocycles. The summed E-state index contributed by atoms with van der Waals surface area (Å²) in [4.78, 5) is 29.3. The molecule has 1 atom stereocenters. The molecule has 0 unspecified atom stereocenters. The van der Waals surface area contributed by atoms with Crippen LogP contribution in [0.5, 0.6) is 11.5 Å². The van der Waals surface area contributed by atoms with Crippen molar-refractivity contribution in [2.75, 3.05) is 24.3 Å². The van der Waals surface area contributed by atoms with Gasteiger partial charge in [-0.15, -0.1) is 0 Å². The maximum atomic E-state index is 12.7. The first-order valence-electron chi connectivity index (χ1n) is 8.51. The monoisotopic (exact) mass is 373 g/mol. The highest BCUT2D eigenvalue weighted by Gasteiger charge is 2.32. The van der Waals surface area contributed by atoms with E-state index in [1.54, 1.807) is 4.57 Å². The summed E-state index contributed by atoms with van der Waals surface area (Å²) in [5.41, 5.74) is 1.07. The summed E-state index contributed by atoms with van der Waals surface area (Å²) in [6.07, 6.45) is 0.198. The molecule has 1 amide bonds. The lowest BCUT2D eigenvalue weighted by atomic mass is 9.86. The number of rotatable bonds is 3. The topological polar surface area (TPSA) is 82.5 Å². The molecule has 3 heterocycles. The molecule has 136 valence electrons. The van der Waals surface area contributed by atoms with E-state index in [0.29, 0.717) is 41.3 Å². The molecular formula is C18H19N3O4S. The van der Waals surface area contributed by atoms with E-state index in [9.17, 15) is 9.59 Å². The second kappa shape index (κ2) is 6.68. The van der Waals surface area contributed by atoms with Gasteiger partial charge in [-0.1, -0.05) is 24.8 Å². The van der Waals surface area contributed by atoms with Crippen molar-refractivity contribution in [2.45, 2.75) is 24.4 Å². The number of hydrogen-bond donors (Lipinski definition) is 1. The molecule has 2 aliphatic rings. The SMILES string of the molecule is CCSc1nc(=O)c2c(n1C)NC(=O)C[C@H]2c1ccc2c(c1)OCCO2. The maximum Gasteiger partial charge on any atom is 0.279 e. The summed E-state index contributed by atoms with van der Waals surface area (Å²) in [7, 11) is 1.82. The van der Waals surface area contributed by atoms with Crippen molar-refractivity contribution in [2.24, 2.45) is 7.05 Å². The minimum Gasteiger partial charge on any atom is -0.486 e. The van der Waals surface area contributed by atoms with Gasteiger partial charge in [0.05, 0.1) is 5.56 Å². The fourth-order valence-electron chi connectivity index (χ4n) is 3.35. The van der Waals surface area contributed by atoms with Crippen molar-refractivity contribution in [3.05, 3.63) is 39.7 Å². The van der Waals surface area contributed by atoms with Gasteiger partial charge < -0.3 is 19.4 Å². The Hall–Kier alpha value is -2.48. The fraction of sp³-hybridized carbons (Fsp3) is 0.389. The van der Waals surface area contributed by atoms with Crippen molar-refractivity contribution in [3.8, 4) is 11.5 Å². The number of benzene rings is 1. The minimum atomic E-state index is -0.360. The standard InChI is InChI=1S/C18H19N3O4S/c1-3-26-18-20-17(23)15-11(9-14(22)19-16(15)21(18)2)10-4-5-12-13(8-10)25-7-6-24-12/h4-5,8,11H,3,6-7,9H2,1-2H3,(H,19,22)/t11-/m0/s1. The first kappa shape index (κ1) is 17.0. The van der Waals surface area contributed by atoms with Crippen molar-refractivity contribution >= 4 is 23.5 Å². The summed E-state index contributed by atoms with van der Waals surface area (Å²) in [5.74, 6) is 2.16. The molecule has 0 radical (unpaired) electrons. The Morgan fingerprint density at radius 2 is 2.04 bits per heavy atom. The Morgan fingerprint density at radius 3 is 2.81 bits per heavy atom.